The van der Waals surface area contributed by atoms with E-state index in [-0.39, 0.29) is 5.91 Å². The molecule has 0 atom stereocenters. The number of aryl methyl sites for hydroxylation is 2. The standard InChI is InChI=1S/C12H19N3OS/c1-8-11(17-9(2)15-8)6-14-12(16)7-13-5-10-3-4-10/h10,13H,3-7H2,1-2H3,(H,14,16). The summed E-state index contributed by atoms with van der Waals surface area (Å²) in [6.07, 6.45) is 2.63. The first-order valence-corrected chi connectivity index (χ1v) is 6.87. The highest BCUT2D eigenvalue weighted by Gasteiger charge is 2.20. The van der Waals surface area contributed by atoms with Crippen LogP contribution in [-0.2, 0) is 11.3 Å². The van der Waals surface area contributed by atoms with Crippen LogP contribution in [0.4, 0.5) is 0 Å². The fourth-order valence-electron chi connectivity index (χ4n) is 1.69. The first kappa shape index (κ1) is 12.5. The van der Waals surface area contributed by atoms with Crippen molar-refractivity contribution in [2.75, 3.05) is 13.1 Å². The van der Waals surface area contributed by atoms with Crippen molar-refractivity contribution >= 4 is 17.2 Å². The van der Waals surface area contributed by atoms with Crippen LogP contribution >= 0.6 is 11.3 Å². The molecule has 0 radical (unpaired) electrons. The number of hydrogen-bond acceptors (Lipinski definition) is 4. The molecule has 0 aromatic carbocycles. The van der Waals surface area contributed by atoms with E-state index >= 15 is 0 Å². The fraction of sp³-hybridized carbons (Fsp3) is 0.667. The summed E-state index contributed by atoms with van der Waals surface area (Å²) in [5.41, 5.74) is 1.03. The van der Waals surface area contributed by atoms with Gasteiger partial charge in [0.05, 0.1) is 23.8 Å². The average molecular weight is 253 g/mol. The molecular weight excluding hydrogens is 234 g/mol. The van der Waals surface area contributed by atoms with E-state index in [9.17, 15) is 4.79 Å². The summed E-state index contributed by atoms with van der Waals surface area (Å²) >= 11 is 1.65. The van der Waals surface area contributed by atoms with Crippen molar-refractivity contribution in [3.63, 3.8) is 0 Å². The van der Waals surface area contributed by atoms with Gasteiger partial charge < -0.3 is 10.6 Å². The van der Waals surface area contributed by atoms with Gasteiger partial charge in [0.15, 0.2) is 0 Å². The molecule has 5 heteroatoms. The van der Waals surface area contributed by atoms with Crippen molar-refractivity contribution in [3.8, 4) is 0 Å². The number of nitrogens with one attached hydrogen (secondary N) is 2. The number of rotatable bonds is 6. The second kappa shape index (κ2) is 5.60. The number of nitrogens with zero attached hydrogens (tertiary/aromatic N) is 1. The third-order valence-electron chi connectivity index (χ3n) is 2.86. The zero-order valence-corrected chi connectivity index (χ0v) is 11.2. The fourth-order valence-corrected chi connectivity index (χ4v) is 2.57. The maximum Gasteiger partial charge on any atom is 0.234 e. The van der Waals surface area contributed by atoms with Gasteiger partial charge in [-0.2, -0.15) is 0 Å². The smallest absolute Gasteiger partial charge is 0.234 e. The maximum atomic E-state index is 11.5. The molecule has 2 N–H and O–H groups in total. The SMILES string of the molecule is Cc1nc(C)c(CNC(=O)CNCC2CC2)s1. The van der Waals surface area contributed by atoms with Gasteiger partial charge in [-0.05, 0) is 39.2 Å². The van der Waals surface area contributed by atoms with Gasteiger partial charge in [-0.3, -0.25) is 4.79 Å². The monoisotopic (exact) mass is 253 g/mol. The third-order valence-corrected chi connectivity index (χ3v) is 3.93. The minimum Gasteiger partial charge on any atom is -0.350 e. The Bertz CT molecular complexity index is 398. The molecule has 17 heavy (non-hydrogen) atoms. The minimum atomic E-state index is 0.0658. The Morgan fingerprint density at radius 3 is 2.82 bits per heavy atom. The molecule has 0 saturated heterocycles. The first-order valence-electron chi connectivity index (χ1n) is 6.05. The van der Waals surface area contributed by atoms with Crippen molar-refractivity contribution in [1.29, 1.82) is 0 Å². The lowest BCUT2D eigenvalue weighted by molar-refractivity contribution is -0.120. The van der Waals surface area contributed by atoms with E-state index < -0.39 is 0 Å². The van der Waals surface area contributed by atoms with Crippen molar-refractivity contribution in [1.82, 2.24) is 15.6 Å². The van der Waals surface area contributed by atoms with E-state index in [4.69, 9.17) is 0 Å². The van der Waals surface area contributed by atoms with Gasteiger partial charge in [0.25, 0.3) is 0 Å². The van der Waals surface area contributed by atoms with E-state index in [1.165, 1.54) is 12.8 Å². The second-order valence-corrected chi connectivity index (χ2v) is 5.88. The van der Waals surface area contributed by atoms with Crippen LogP contribution in [-0.4, -0.2) is 24.0 Å². The molecule has 1 heterocycles. The topological polar surface area (TPSA) is 54.0 Å². The Balaban J connectivity index is 1.66. The lowest BCUT2D eigenvalue weighted by atomic mass is 10.4. The van der Waals surface area contributed by atoms with Crippen LogP contribution in [0.15, 0.2) is 0 Å². The molecule has 0 aliphatic heterocycles. The normalized spacial score (nSPS) is 14.9. The number of thiazole rings is 1. The number of amides is 1. The molecule has 1 amide bonds. The van der Waals surface area contributed by atoms with Crippen molar-refractivity contribution in [2.24, 2.45) is 5.92 Å². The summed E-state index contributed by atoms with van der Waals surface area (Å²) in [5, 5.41) is 7.15. The van der Waals surface area contributed by atoms with E-state index in [2.05, 4.69) is 15.6 Å². The van der Waals surface area contributed by atoms with Gasteiger partial charge in [0.1, 0.15) is 0 Å². The molecule has 1 aliphatic carbocycles. The first-order chi connectivity index (χ1) is 8.15. The quantitative estimate of drug-likeness (QED) is 0.805. The lowest BCUT2D eigenvalue weighted by Crippen LogP contribution is -2.34. The van der Waals surface area contributed by atoms with Gasteiger partial charge in [-0.1, -0.05) is 0 Å². The van der Waals surface area contributed by atoms with Gasteiger partial charge in [0.2, 0.25) is 5.91 Å². The summed E-state index contributed by atoms with van der Waals surface area (Å²) < 4.78 is 0. The molecule has 1 aliphatic rings. The Kier molecular flexibility index (Phi) is 4.12. The van der Waals surface area contributed by atoms with Crippen LogP contribution in [0.1, 0.15) is 28.4 Å². The van der Waals surface area contributed by atoms with E-state index in [1.807, 2.05) is 13.8 Å². The van der Waals surface area contributed by atoms with Crippen LogP contribution in [0.2, 0.25) is 0 Å². The molecule has 0 spiro atoms. The Hall–Kier alpha value is -0.940. The minimum absolute atomic E-state index is 0.0658. The van der Waals surface area contributed by atoms with Crippen LogP contribution in [0.25, 0.3) is 0 Å². The zero-order valence-electron chi connectivity index (χ0n) is 10.4. The summed E-state index contributed by atoms with van der Waals surface area (Å²) in [7, 11) is 0. The Morgan fingerprint density at radius 2 is 2.24 bits per heavy atom. The van der Waals surface area contributed by atoms with Crippen LogP contribution in [0, 0.1) is 19.8 Å². The molecule has 94 valence electrons. The second-order valence-electron chi connectivity index (χ2n) is 4.59. The van der Waals surface area contributed by atoms with Gasteiger partial charge in [-0.25, -0.2) is 4.98 Å². The van der Waals surface area contributed by atoms with Gasteiger partial charge in [0, 0.05) is 4.88 Å². The van der Waals surface area contributed by atoms with Crippen molar-refractivity contribution in [2.45, 2.75) is 33.2 Å². The number of carbonyl (C=O) groups is 1. The predicted octanol–water partition coefficient (Wildman–Crippen LogP) is 1.38. The summed E-state index contributed by atoms with van der Waals surface area (Å²) in [4.78, 5) is 17.0. The lowest BCUT2D eigenvalue weighted by Gasteiger charge is -2.05. The molecule has 1 fully saturated rings. The zero-order chi connectivity index (χ0) is 12.3. The number of hydrogen-bond donors (Lipinski definition) is 2. The molecule has 2 rings (SSSR count). The van der Waals surface area contributed by atoms with Crippen molar-refractivity contribution in [3.05, 3.63) is 15.6 Å². The predicted molar refractivity (Wildman–Crippen MR) is 69.0 cm³/mol. The third kappa shape index (κ3) is 4.09. The van der Waals surface area contributed by atoms with Crippen LogP contribution in [0.5, 0.6) is 0 Å². The summed E-state index contributed by atoms with van der Waals surface area (Å²) in [6, 6.07) is 0. The highest BCUT2D eigenvalue weighted by molar-refractivity contribution is 7.11. The Labute approximate surface area is 106 Å². The van der Waals surface area contributed by atoms with Crippen molar-refractivity contribution < 1.29 is 4.79 Å². The summed E-state index contributed by atoms with van der Waals surface area (Å²) in [5.74, 6) is 0.880. The van der Waals surface area contributed by atoms with Gasteiger partial charge in [-0.15, -0.1) is 11.3 Å². The van der Waals surface area contributed by atoms with E-state index in [1.54, 1.807) is 11.3 Å². The average Bonchev–Trinajstić information content (AvgIpc) is 3.02. The highest BCUT2D eigenvalue weighted by Crippen LogP contribution is 2.27. The number of aromatic nitrogens is 1. The largest absolute Gasteiger partial charge is 0.350 e. The number of carbonyl (C=O) groups excluding carboxylic acids is 1. The molecule has 1 saturated carbocycles. The molecule has 1 aromatic heterocycles. The summed E-state index contributed by atoms with van der Waals surface area (Å²) in [6.45, 7) is 5.97. The van der Waals surface area contributed by atoms with Crippen LogP contribution in [0.3, 0.4) is 0 Å². The molecule has 0 bridgehead atoms. The highest BCUT2D eigenvalue weighted by atomic mass is 32.1. The Morgan fingerprint density at radius 1 is 1.47 bits per heavy atom. The molecule has 0 unspecified atom stereocenters. The van der Waals surface area contributed by atoms with Crippen LogP contribution < -0.4 is 10.6 Å². The molecule has 4 nitrogen and oxygen atoms in total. The maximum absolute atomic E-state index is 11.5. The molecule has 1 aromatic rings. The van der Waals surface area contributed by atoms with Gasteiger partial charge >= 0.3 is 0 Å². The van der Waals surface area contributed by atoms with E-state index in [0.29, 0.717) is 13.1 Å². The molecular formula is C12H19N3OS. The van der Waals surface area contributed by atoms with E-state index in [0.717, 1.165) is 28.0 Å².